The van der Waals surface area contributed by atoms with Crippen LogP contribution in [0.2, 0.25) is 0 Å². The van der Waals surface area contributed by atoms with Crippen LogP contribution in [0.15, 0.2) is 30.6 Å². The van der Waals surface area contributed by atoms with Crippen molar-refractivity contribution in [2.24, 2.45) is 13.0 Å². The van der Waals surface area contributed by atoms with Crippen LogP contribution >= 0.6 is 0 Å². The Morgan fingerprint density at radius 2 is 2.33 bits per heavy atom. The Balaban J connectivity index is 1.46. The summed E-state index contributed by atoms with van der Waals surface area (Å²) >= 11 is 0. The lowest BCUT2D eigenvalue weighted by atomic mass is 9.97. The largest absolute Gasteiger partial charge is 0.353 e. The summed E-state index contributed by atoms with van der Waals surface area (Å²) in [6.45, 7) is 3.31. The molecule has 1 aromatic heterocycles. The lowest BCUT2D eigenvalue weighted by molar-refractivity contribution is 0.0955. The normalized spacial score (nSPS) is 17.0. The maximum atomic E-state index is 12.3. The van der Waals surface area contributed by atoms with Crippen LogP contribution in [-0.4, -0.2) is 46.9 Å². The summed E-state index contributed by atoms with van der Waals surface area (Å²) in [5.74, 6) is 1.33. The summed E-state index contributed by atoms with van der Waals surface area (Å²) in [6, 6.07) is 7.93. The minimum Gasteiger partial charge on any atom is -0.353 e. The van der Waals surface area contributed by atoms with E-state index in [1.54, 1.807) is 4.68 Å². The van der Waals surface area contributed by atoms with Crippen LogP contribution in [0.1, 0.15) is 22.3 Å². The molecule has 0 spiro atoms. The molecule has 1 unspecified atom stereocenters. The van der Waals surface area contributed by atoms with Gasteiger partial charge in [0.15, 0.2) is 0 Å². The fourth-order valence-corrected chi connectivity index (χ4v) is 2.97. The number of nitrogens with one attached hydrogen (secondary N) is 3. The third kappa shape index (κ3) is 4.32. The Morgan fingerprint density at radius 3 is 3.08 bits per heavy atom. The van der Waals surface area contributed by atoms with Crippen LogP contribution < -0.4 is 16.0 Å². The van der Waals surface area contributed by atoms with E-state index in [9.17, 15) is 4.79 Å². The van der Waals surface area contributed by atoms with Crippen LogP contribution in [0.3, 0.4) is 0 Å². The number of aryl methyl sites for hydroxylation is 1. The number of amides is 1. The number of benzene rings is 1. The number of carbonyl (C=O) groups excluding carboxylic acids is 1. The Hall–Kier alpha value is -2.41. The predicted molar refractivity (Wildman–Crippen MR) is 92.9 cm³/mol. The van der Waals surface area contributed by atoms with E-state index < -0.39 is 0 Å². The van der Waals surface area contributed by atoms with Gasteiger partial charge < -0.3 is 16.0 Å². The Kier molecular flexibility index (Phi) is 5.43. The van der Waals surface area contributed by atoms with Gasteiger partial charge in [-0.3, -0.25) is 4.79 Å². The summed E-state index contributed by atoms with van der Waals surface area (Å²) in [4.78, 5) is 16.4. The van der Waals surface area contributed by atoms with Crippen molar-refractivity contribution in [2.45, 2.75) is 12.8 Å². The first kappa shape index (κ1) is 16.4. The van der Waals surface area contributed by atoms with E-state index in [1.807, 2.05) is 25.2 Å². The van der Waals surface area contributed by atoms with Crippen molar-refractivity contribution >= 4 is 11.9 Å². The summed E-state index contributed by atoms with van der Waals surface area (Å²) in [6.07, 6.45) is 3.73. The highest BCUT2D eigenvalue weighted by Crippen LogP contribution is 2.16. The van der Waals surface area contributed by atoms with E-state index in [0.29, 0.717) is 25.0 Å². The molecule has 1 amide bonds. The van der Waals surface area contributed by atoms with E-state index in [1.165, 1.54) is 18.3 Å². The molecule has 7 nitrogen and oxygen atoms in total. The van der Waals surface area contributed by atoms with E-state index in [0.717, 1.165) is 25.1 Å². The molecule has 7 heteroatoms. The molecule has 2 heterocycles. The molecule has 128 valence electrons. The first-order valence-electron chi connectivity index (χ1n) is 8.38. The van der Waals surface area contributed by atoms with E-state index >= 15 is 0 Å². The van der Waals surface area contributed by atoms with Gasteiger partial charge in [0.1, 0.15) is 6.33 Å². The van der Waals surface area contributed by atoms with Gasteiger partial charge in [-0.25, -0.2) is 4.68 Å². The van der Waals surface area contributed by atoms with Gasteiger partial charge in [-0.1, -0.05) is 12.1 Å². The van der Waals surface area contributed by atoms with Gasteiger partial charge in [-0.15, -0.1) is 0 Å². The lowest BCUT2D eigenvalue weighted by Crippen LogP contribution is -2.29. The predicted octanol–water partition coefficient (Wildman–Crippen LogP) is 0.809. The van der Waals surface area contributed by atoms with Gasteiger partial charge in [-0.2, -0.15) is 10.1 Å². The summed E-state index contributed by atoms with van der Waals surface area (Å²) in [5.41, 5.74) is 1.95. The molecule has 1 saturated heterocycles. The van der Waals surface area contributed by atoms with Crippen molar-refractivity contribution in [1.82, 2.24) is 25.4 Å². The second-order valence-corrected chi connectivity index (χ2v) is 6.15. The van der Waals surface area contributed by atoms with Crippen LogP contribution in [0.5, 0.6) is 0 Å². The van der Waals surface area contributed by atoms with Crippen LogP contribution in [0.4, 0.5) is 5.95 Å². The average molecular weight is 328 g/mol. The first-order valence-corrected chi connectivity index (χ1v) is 8.38. The highest BCUT2D eigenvalue weighted by molar-refractivity contribution is 5.94. The molecule has 1 aliphatic rings. The van der Waals surface area contributed by atoms with Gasteiger partial charge in [0.25, 0.3) is 5.91 Å². The van der Waals surface area contributed by atoms with Crippen molar-refractivity contribution < 1.29 is 4.79 Å². The van der Waals surface area contributed by atoms with E-state index in [-0.39, 0.29) is 5.91 Å². The Labute approximate surface area is 141 Å². The zero-order chi connectivity index (χ0) is 16.8. The number of nitrogens with zero attached hydrogens (tertiary/aromatic N) is 3. The second kappa shape index (κ2) is 7.92. The number of hydrogen-bond acceptors (Lipinski definition) is 5. The summed E-state index contributed by atoms with van der Waals surface area (Å²) in [5, 5.41) is 13.4. The van der Waals surface area contributed by atoms with Crippen molar-refractivity contribution in [1.29, 1.82) is 0 Å². The highest BCUT2D eigenvalue weighted by Gasteiger charge is 2.15. The smallest absolute Gasteiger partial charge is 0.251 e. The zero-order valence-corrected chi connectivity index (χ0v) is 14.0. The molecule has 3 N–H and O–H groups in total. The molecular formula is C17H24N6O. The molecular weight excluding hydrogens is 304 g/mol. The number of rotatable bonds is 7. The molecule has 0 saturated carbocycles. The van der Waals surface area contributed by atoms with Crippen LogP contribution in [0.25, 0.3) is 0 Å². The number of anilines is 1. The van der Waals surface area contributed by atoms with Crippen molar-refractivity contribution in [3.05, 3.63) is 41.7 Å². The average Bonchev–Trinajstić information content (AvgIpc) is 3.24. The van der Waals surface area contributed by atoms with Crippen LogP contribution in [0, 0.1) is 5.92 Å². The monoisotopic (exact) mass is 328 g/mol. The Bertz CT molecular complexity index is 677. The molecule has 24 heavy (non-hydrogen) atoms. The van der Waals surface area contributed by atoms with Gasteiger partial charge in [0.05, 0.1) is 0 Å². The first-order chi connectivity index (χ1) is 11.7. The third-order valence-corrected chi connectivity index (χ3v) is 4.28. The molecule has 1 fully saturated rings. The van der Waals surface area contributed by atoms with E-state index in [4.69, 9.17) is 0 Å². The Morgan fingerprint density at radius 1 is 1.42 bits per heavy atom. The third-order valence-electron chi connectivity index (χ3n) is 4.28. The lowest BCUT2D eigenvalue weighted by Gasteiger charge is -2.10. The van der Waals surface area contributed by atoms with Crippen molar-refractivity contribution in [3.63, 3.8) is 0 Å². The second-order valence-electron chi connectivity index (χ2n) is 6.15. The summed E-state index contributed by atoms with van der Waals surface area (Å²) in [7, 11) is 1.82. The molecule has 0 radical (unpaired) electrons. The topological polar surface area (TPSA) is 83.9 Å². The summed E-state index contributed by atoms with van der Waals surface area (Å²) < 4.78 is 1.66. The van der Waals surface area contributed by atoms with Crippen LogP contribution in [-0.2, 0) is 13.5 Å². The number of aromatic nitrogens is 3. The molecule has 1 atom stereocenters. The van der Waals surface area contributed by atoms with Crippen molar-refractivity contribution in [2.75, 3.05) is 31.5 Å². The molecule has 1 aromatic carbocycles. The minimum absolute atomic E-state index is 0.0406. The molecule has 1 aliphatic heterocycles. The van der Waals surface area contributed by atoms with Crippen molar-refractivity contribution in [3.8, 4) is 0 Å². The fourth-order valence-electron chi connectivity index (χ4n) is 2.97. The minimum atomic E-state index is -0.0406. The maximum Gasteiger partial charge on any atom is 0.251 e. The molecule has 2 aromatic rings. The van der Waals surface area contributed by atoms with Gasteiger partial charge in [0.2, 0.25) is 5.95 Å². The standard InChI is InChI=1S/C17H24N6O/c1-23-17(21-12-22-23)20-8-7-19-16(24)15-4-2-3-13(10-15)9-14-5-6-18-11-14/h2-4,10,12,14,18H,5-9,11H2,1H3,(H,19,24)(H,20,21,22). The number of carbonyl (C=O) groups is 1. The van der Waals surface area contributed by atoms with Gasteiger partial charge in [0, 0.05) is 25.7 Å². The maximum absolute atomic E-state index is 12.3. The van der Waals surface area contributed by atoms with Gasteiger partial charge >= 0.3 is 0 Å². The zero-order valence-electron chi connectivity index (χ0n) is 14.0. The molecule has 0 bridgehead atoms. The SMILES string of the molecule is Cn1ncnc1NCCNC(=O)c1cccc(CC2CCNC2)c1. The number of hydrogen-bond donors (Lipinski definition) is 3. The quantitative estimate of drug-likeness (QED) is 0.655. The molecule has 3 rings (SSSR count). The molecule has 0 aliphatic carbocycles. The van der Waals surface area contributed by atoms with E-state index in [2.05, 4.69) is 32.1 Å². The highest BCUT2D eigenvalue weighted by atomic mass is 16.1. The fraction of sp³-hybridized carbons (Fsp3) is 0.471. The van der Waals surface area contributed by atoms with Gasteiger partial charge in [-0.05, 0) is 49.5 Å².